The third-order valence-corrected chi connectivity index (χ3v) is 17.5. The highest BCUT2D eigenvalue weighted by Crippen LogP contribution is 2.68. The van der Waals surface area contributed by atoms with Crippen molar-refractivity contribution >= 4 is 51.7 Å². The molecule has 12 atom stereocenters. The van der Waals surface area contributed by atoms with Gasteiger partial charge in [0, 0.05) is 45.2 Å². The summed E-state index contributed by atoms with van der Waals surface area (Å²) in [4.78, 5) is 90.7. The van der Waals surface area contributed by atoms with Gasteiger partial charge in [-0.05, 0) is 103 Å². The van der Waals surface area contributed by atoms with Crippen molar-refractivity contribution in [1.82, 2.24) is 30.7 Å². The number of ether oxygens (including phenoxy) is 1. The molecule has 0 aliphatic heterocycles. The first kappa shape index (κ1) is 60.0. The summed E-state index contributed by atoms with van der Waals surface area (Å²) in [7, 11) is -4.20. The molecule has 416 valence electrons. The van der Waals surface area contributed by atoms with Crippen LogP contribution in [0, 0.1) is 46.3 Å². The van der Waals surface area contributed by atoms with Gasteiger partial charge in [-0.2, -0.15) is 8.42 Å². The van der Waals surface area contributed by atoms with Gasteiger partial charge in [0.15, 0.2) is 0 Å². The number of aliphatic carboxylic acids is 4. The smallest absolute Gasteiger partial charge is 0.317 e. The number of benzene rings is 1. The molecule has 23 nitrogen and oxygen atoms in total. The quantitative estimate of drug-likeness (QED) is 0.0467. The summed E-state index contributed by atoms with van der Waals surface area (Å²) in [6.07, 6.45) is 4.03. The second kappa shape index (κ2) is 26.8. The Kier molecular flexibility index (Phi) is 21.7. The molecule has 5 rings (SSSR count). The standard InChI is InChI=1S/C50H78N6O17S/c1-31(9-12-41(59)51-15-20-74(70,71)72)35-10-11-36-47-37(23-40(58)50(35,36)3)49(2)14-13-34(21-33(49)22-39(47)57)53-42(60)24-52-48(69)38(30-73-29-32-7-5-4-6-8-32)56(28-46(67)68)19-18-54(25-43(61)62)16-17-55(26-44(63)64)27-45(65)66/h4-8,31,33-40,47,57-58H,9-30H2,1-3H3,(H,51,59)(H,52,69)(H,53,60)(H,61,62)(H,63,64)(H,65,66)(H,67,68)(H,70,71,72)/t31-,33+,34+,35-,36?,37?,38?,39-,40+,47?,49+,50-/m1/s1. The highest BCUT2D eigenvalue weighted by Gasteiger charge is 2.65. The molecular formula is C50H78N6O17S. The number of aliphatic hydroxyl groups excluding tert-OH is 2. The summed E-state index contributed by atoms with van der Waals surface area (Å²) in [6.45, 7) is 2.52. The minimum absolute atomic E-state index is 0.0215. The van der Waals surface area contributed by atoms with Crippen LogP contribution < -0.4 is 16.0 Å². The maximum absolute atomic E-state index is 14.0. The Morgan fingerprint density at radius 2 is 1.39 bits per heavy atom. The fraction of sp³-hybridized carbons (Fsp3) is 0.740. The lowest BCUT2D eigenvalue weighted by Crippen LogP contribution is -2.63. The van der Waals surface area contributed by atoms with Gasteiger partial charge >= 0.3 is 23.9 Å². The zero-order valence-electron chi connectivity index (χ0n) is 42.7. The number of nitrogens with zero attached hydrogens (tertiary/aromatic N) is 3. The van der Waals surface area contributed by atoms with E-state index in [9.17, 15) is 72.6 Å². The number of hydrogen-bond acceptors (Lipinski definition) is 15. The van der Waals surface area contributed by atoms with Crippen molar-refractivity contribution in [2.45, 2.75) is 109 Å². The number of amides is 3. The second-order valence-electron chi connectivity index (χ2n) is 21.6. The third kappa shape index (κ3) is 16.6. The maximum atomic E-state index is 14.0. The number of rotatable bonds is 30. The number of carboxylic acid groups (broad SMARTS) is 4. The molecule has 0 aromatic heterocycles. The molecule has 1 aromatic rings. The van der Waals surface area contributed by atoms with Crippen LogP contribution in [-0.2, 0) is 55.0 Å². The lowest BCUT2D eigenvalue weighted by atomic mass is 9.43. The molecule has 4 aliphatic rings. The van der Waals surface area contributed by atoms with Crippen LogP contribution in [0.5, 0.6) is 0 Å². The van der Waals surface area contributed by atoms with Crippen LogP contribution in [0.2, 0.25) is 0 Å². The summed E-state index contributed by atoms with van der Waals surface area (Å²) >= 11 is 0. The minimum Gasteiger partial charge on any atom is -0.480 e. The molecule has 24 heteroatoms. The Balaban J connectivity index is 1.20. The van der Waals surface area contributed by atoms with E-state index in [4.69, 9.17) is 9.29 Å². The predicted octanol–water partition coefficient (Wildman–Crippen LogP) is 0.438. The fourth-order valence-corrected chi connectivity index (χ4v) is 13.5. The number of carbonyl (C=O) groups excluding carboxylic acids is 3. The molecule has 4 fully saturated rings. The zero-order chi connectivity index (χ0) is 54.5. The van der Waals surface area contributed by atoms with Gasteiger partial charge in [0.05, 0.1) is 63.9 Å². The summed E-state index contributed by atoms with van der Waals surface area (Å²) in [5.74, 6) is -7.00. The third-order valence-electron chi connectivity index (χ3n) is 16.8. The molecule has 10 N–H and O–H groups in total. The van der Waals surface area contributed by atoms with Gasteiger partial charge in [-0.25, -0.2) is 0 Å². The first-order valence-corrected chi connectivity index (χ1v) is 27.2. The zero-order valence-corrected chi connectivity index (χ0v) is 43.5. The van der Waals surface area contributed by atoms with E-state index < -0.39 is 108 Å². The van der Waals surface area contributed by atoms with Crippen molar-refractivity contribution < 1.29 is 81.9 Å². The molecule has 3 amide bonds. The van der Waals surface area contributed by atoms with E-state index in [1.54, 1.807) is 24.3 Å². The molecule has 4 unspecified atom stereocenters. The number of aliphatic hydroxyl groups is 2. The number of fused-ring (bicyclic) bond motifs is 5. The average Bonchev–Trinajstić information content (AvgIpc) is 3.67. The molecule has 0 radical (unpaired) electrons. The summed E-state index contributed by atoms with van der Waals surface area (Å²) in [5, 5.41) is 70.5. The Bertz CT molecular complexity index is 2210. The average molecular weight is 1070 g/mol. The first-order valence-electron chi connectivity index (χ1n) is 25.6. The van der Waals surface area contributed by atoms with Crippen LogP contribution in [-0.4, -0.2) is 202 Å². The van der Waals surface area contributed by atoms with Crippen LogP contribution in [0.25, 0.3) is 0 Å². The van der Waals surface area contributed by atoms with Crippen molar-refractivity contribution in [2.24, 2.45) is 46.3 Å². The van der Waals surface area contributed by atoms with E-state index in [0.29, 0.717) is 32.1 Å². The molecule has 0 bridgehead atoms. The van der Waals surface area contributed by atoms with Crippen molar-refractivity contribution in [1.29, 1.82) is 0 Å². The number of hydrogen-bond donors (Lipinski definition) is 10. The Hall–Kier alpha value is -4.82. The van der Waals surface area contributed by atoms with Crippen LogP contribution >= 0.6 is 0 Å². The topological polar surface area (TPSA) is 350 Å². The molecule has 74 heavy (non-hydrogen) atoms. The lowest BCUT2D eigenvalue weighted by Gasteiger charge is -2.63. The number of carboxylic acids is 4. The van der Waals surface area contributed by atoms with E-state index in [0.717, 1.165) is 29.7 Å². The molecule has 4 saturated carbocycles. The lowest BCUT2D eigenvalue weighted by molar-refractivity contribution is -0.202. The van der Waals surface area contributed by atoms with E-state index in [1.165, 1.54) is 9.80 Å². The monoisotopic (exact) mass is 1070 g/mol. The van der Waals surface area contributed by atoms with Gasteiger partial charge in [0.25, 0.3) is 10.1 Å². The van der Waals surface area contributed by atoms with Gasteiger partial charge in [-0.1, -0.05) is 51.1 Å². The minimum atomic E-state index is -4.20. The van der Waals surface area contributed by atoms with Gasteiger partial charge in [0.1, 0.15) is 6.04 Å². The summed E-state index contributed by atoms with van der Waals surface area (Å²) in [6, 6.07) is 7.45. The fourth-order valence-electron chi connectivity index (χ4n) is 13.2. The van der Waals surface area contributed by atoms with E-state index in [-0.39, 0.29) is 105 Å². The predicted molar refractivity (Wildman–Crippen MR) is 266 cm³/mol. The molecule has 4 aliphatic carbocycles. The number of carbonyl (C=O) groups is 7. The Morgan fingerprint density at radius 3 is 2.03 bits per heavy atom. The molecular weight excluding hydrogens is 989 g/mol. The van der Waals surface area contributed by atoms with Gasteiger partial charge in [0.2, 0.25) is 17.7 Å². The van der Waals surface area contributed by atoms with Gasteiger partial charge in [-0.15, -0.1) is 0 Å². The second-order valence-corrected chi connectivity index (χ2v) is 23.1. The normalized spacial score (nSPS) is 28.3. The van der Waals surface area contributed by atoms with Crippen LogP contribution in [0.15, 0.2) is 30.3 Å². The van der Waals surface area contributed by atoms with E-state index >= 15 is 0 Å². The van der Waals surface area contributed by atoms with Crippen LogP contribution in [0.3, 0.4) is 0 Å². The van der Waals surface area contributed by atoms with Crippen LogP contribution in [0.4, 0.5) is 0 Å². The molecule has 1 aromatic carbocycles. The van der Waals surface area contributed by atoms with E-state index in [1.807, 2.05) is 6.07 Å². The largest absolute Gasteiger partial charge is 0.480 e. The SMILES string of the molecule is C[C@H](CCC(=O)NCCS(=O)(=O)O)[C@H]1CCC2C3C(C[C@H](O)[C@@]21C)[C@@]1(C)CC[C@H](NC(=O)CNC(=O)C(COCc2ccccc2)N(CCN(CCN(CC(=O)O)CC(=O)O)CC(=O)O)CC(=O)O)C[C@H]1C[C@H]3O. The highest BCUT2D eigenvalue weighted by molar-refractivity contribution is 7.85. The Labute approximate surface area is 432 Å². The molecule has 0 saturated heterocycles. The maximum Gasteiger partial charge on any atom is 0.317 e. The van der Waals surface area contributed by atoms with Gasteiger partial charge in [-0.3, -0.25) is 52.8 Å². The first-order chi connectivity index (χ1) is 34.8. The van der Waals surface area contributed by atoms with Crippen molar-refractivity contribution in [2.75, 3.05) is 77.8 Å². The molecule has 0 spiro atoms. The Morgan fingerprint density at radius 1 is 0.770 bits per heavy atom. The summed E-state index contributed by atoms with van der Waals surface area (Å²) < 4.78 is 37.0. The van der Waals surface area contributed by atoms with Crippen molar-refractivity contribution in [3.63, 3.8) is 0 Å². The van der Waals surface area contributed by atoms with Crippen molar-refractivity contribution in [3.05, 3.63) is 35.9 Å². The highest BCUT2D eigenvalue weighted by atomic mass is 32.2. The molecule has 0 heterocycles. The number of nitrogens with one attached hydrogen (secondary N) is 3. The summed E-state index contributed by atoms with van der Waals surface area (Å²) in [5.41, 5.74) is 0.0492. The van der Waals surface area contributed by atoms with Crippen molar-refractivity contribution in [3.8, 4) is 0 Å². The van der Waals surface area contributed by atoms with Gasteiger partial charge < -0.3 is 51.3 Å². The van der Waals surface area contributed by atoms with Crippen LogP contribution in [0.1, 0.15) is 84.1 Å². The van der Waals surface area contributed by atoms with E-state index in [2.05, 4.69) is 36.7 Å².